The number of carbonyl (C=O) groups is 1. The molecule has 0 aliphatic carbocycles. The topological polar surface area (TPSA) is 41.6 Å². The minimum absolute atomic E-state index is 0.0544. The molecule has 0 unspecified atom stereocenters. The van der Waals surface area contributed by atoms with Gasteiger partial charge in [0.1, 0.15) is 0 Å². The maximum Gasteiger partial charge on any atom is 0.262 e. The summed E-state index contributed by atoms with van der Waals surface area (Å²) in [6.07, 6.45) is 3.74. The first-order valence-electron chi connectivity index (χ1n) is 8.34. The van der Waals surface area contributed by atoms with Gasteiger partial charge in [0.15, 0.2) is 18.2 Å². The van der Waals surface area contributed by atoms with E-state index < -0.39 is 5.82 Å². The number of hydrogen-bond acceptors (Lipinski definition) is 3. The van der Waals surface area contributed by atoms with Crippen molar-refractivity contribution < 1.29 is 13.9 Å². The molecule has 1 heterocycles. The summed E-state index contributed by atoms with van der Waals surface area (Å²) in [5.74, 6) is -0.778. The third kappa shape index (κ3) is 4.95. The molecule has 1 aliphatic heterocycles. The van der Waals surface area contributed by atoms with Gasteiger partial charge >= 0.3 is 0 Å². The van der Waals surface area contributed by atoms with E-state index in [1.54, 1.807) is 6.07 Å². The lowest BCUT2D eigenvalue weighted by Gasteiger charge is -2.28. The van der Waals surface area contributed by atoms with Crippen molar-refractivity contribution in [2.45, 2.75) is 19.3 Å². The van der Waals surface area contributed by atoms with E-state index in [-0.39, 0.29) is 18.3 Å². The van der Waals surface area contributed by atoms with Crippen LogP contribution in [0.25, 0.3) is 0 Å². The summed E-state index contributed by atoms with van der Waals surface area (Å²) in [7, 11) is 0. The Kier molecular flexibility index (Phi) is 5.91. The first-order chi connectivity index (χ1) is 12.1. The SMILES string of the molecule is O=C(COc1ccc(Br)cc1F)Nc1ccc(N2CCCCC2)cc1. The summed E-state index contributed by atoms with van der Waals surface area (Å²) in [5, 5.41) is 2.76. The van der Waals surface area contributed by atoms with Gasteiger partial charge in [-0.05, 0) is 61.7 Å². The molecule has 0 aromatic heterocycles. The molecule has 2 aromatic rings. The van der Waals surface area contributed by atoms with Crippen molar-refractivity contribution in [3.63, 3.8) is 0 Å². The lowest BCUT2D eigenvalue weighted by Crippen LogP contribution is -2.29. The number of carbonyl (C=O) groups excluding carboxylic acids is 1. The summed E-state index contributed by atoms with van der Waals surface area (Å²) in [5.41, 5.74) is 1.87. The summed E-state index contributed by atoms with van der Waals surface area (Å²) in [6, 6.07) is 12.2. The third-order valence-corrected chi connectivity index (χ3v) is 4.62. The summed E-state index contributed by atoms with van der Waals surface area (Å²) >= 11 is 3.18. The number of ether oxygens (including phenoxy) is 1. The van der Waals surface area contributed by atoms with Crippen LogP contribution < -0.4 is 15.0 Å². The van der Waals surface area contributed by atoms with E-state index in [1.165, 1.54) is 37.1 Å². The van der Waals surface area contributed by atoms with E-state index >= 15 is 0 Å². The van der Waals surface area contributed by atoms with Crippen LogP contribution in [0.5, 0.6) is 5.75 Å². The fraction of sp³-hybridized carbons (Fsp3) is 0.316. The fourth-order valence-corrected chi connectivity index (χ4v) is 3.17. The van der Waals surface area contributed by atoms with Crippen molar-refractivity contribution in [1.29, 1.82) is 0 Å². The highest BCUT2D eigenvalue weighted by molar-refractivity contribution is 9.10. The molecule has 6 heteroatoms. The summed E-state index contributed by atoms with van der Waals surface area (Å²) in [6.45, 7) is 1.92. The third-order valence-electron chi connectivity index (χ3n) is 4.12. The average Bonchev–Trinajstić information content (AvgIpc) is 2.62. The van der Waals surface area contributed by atoms with Gasteiger partial charge in [-0.25, -0.2) is 4.39 Å². The minimum atomic E-state index is -0.506. The fourth-order valence-electron chi connectivity index (χ4n) is 2.84. The maximum atomic E-state index is 13.7. The number of nitrogens with zero attached hydrogens (tertiary/aromatic N) is 1. The number of hydrogen-bond donors (Lipinski definition) is 1. The molecule has 4 nitrogen and oxygen atoms in total. The Morgan fingerprint density at radius 2 is 1.84 bits per heavy atom. The molecule has 0 radical (unpaired) electrons. The molecule has 1 N–H and O–H groups in total. The Balaban J connectivity index is 1.52. The van der Waals surface area contributed by atoms with E-state index in [4.69, 9.17) is 4.74 Å². The zero-order chi connectivity index (χ0) is 17.6. The highest BCUT2D eigenvalue weighted by Gasteiger charge is 2.11. The van der Waals surface area contributed by atoms with Gasteiger partial charge in [0.05, 0.1) is 0 Å². The number of amides is 1. The molecule has 3 rings (SSSR count). The number of nitrogens with one attached hydrogen (secondary N) is 1. The van der Waals surface area contributed by atoms with Gasteiger partial charge in [-0.1, -0.05) is 15.9 Å². The van der Waals surface area contributed by atoms with E-state index in [1.807, 2.05) is 24.3 Å². The Hall–Kier alpha value is -2.08. The number of benzene rings is 2. The van der Waals surface area contributed by atoms with Gasteiger partial charge in [0.25, 0.3) is 5.91 Å². The molecule has 25 heavy (non-hydrogen) atoms. The molecule has 0 spiro atoms. The first-order valence-corrected chi connectivity index (χ1v) is 9.14. The van der Waals surface area contributed by atoms with Crippen molar-refractivity contribution in [2.75, 3.05) is 29.9 Å². The van der Waals surface area contributed by atoms with Crippen LogP contribution in [0.1, 0.15) is 19.3 Å². The molecule has 1 amide bonds. The van der Waals surface area contributed by atoms with Crippen LogP contribution in [-0.2, 0) is 4.79 Å². The van der Waals surface area contributed by atoms with Crippen LogP contribution in [-0.4, -0.2) is 25.6 Å². The Bertz CT molecular complexity index is 731. The summed E-state index contributed by atoms with van der Waals surface area (Å²) in [4.78, 5) is 14.3. The Labute approximate surface area is 155 Å². The molecule has 1 saturated heterocycles. The highest BCUT2D eigenvalue weighted by Crippen LogP contribution is 2.23. The molecular formula is C19H20BrFN2O2. The van der Waals surface area contributed by atoms with Gasteiger partial charge in [-0.15, -0.1) is 0 Å². The largest absolute Gasteiger partial charge is 0.481 e. The zero-order valence-electron chi connectivity index (χ0n) is 13.8. The minimum Gasteiger partial charge on any atom is -0.481 e. The van der Waals surface area contributed by atoms with Crippen LogP contribution in [0.2, 0.25) is 0 Å². The quantitative estimate of drug-likeness (QED) is 0.788. The second kappa shape index (κ2) is 8.34. The molecular weight excluding hydrogens is 387 g/mol. The van der Waals surface area contributed by atoms with Gasteiger partial charge < -0.3 is 15.0 Å². The number of anilines is 2. The van der Waals surface area contributed by atoms with Crippen LogP contribution in [0.3, 0.4) is 0 Å². The predicted octanol–water partition coefficient (Wildman–Crippen LogP) is 4.60. The monoisotopic (exact) mass is 406 g/mol. The Morgan fingerprint density at radius 1 is 1.12 bits per heavy atom. The maximum absolute atomic E-state index is 13.7. The second-order valence-electron chi connectivity index (χ2n) is 6.01. The van der Waals surface area contributed by atoms with E-state index in [0.29, 0.717) is 10.2 Å². The van der Waals surface area contributed by atoms with Crippen LogP contribution in [0, 0.1) is 5.82 Å². The van der Waals surface area contributed by atoms with E-state index in [0.717, 1.165) is 13.1 Å². The van der Waals surface area contributed by atoms with Crippen molar-refractivity contribution >= 4 is 33.2 Å². The molecule has 1 aliphatic rings. The molecule has 0 saturated carbocycles. The van der Waals surface area contributed by atoms with Crippen LogP contribution >= 0.6 is 15.9 Å². The van der Waals surface area contributed by atoms with Crippen LogP contribution in [0.15, 0.2) is 46.9 Å². The van der Waals surface area contributed by atoms with Crippen molar-refractivity contribution in [3.8, 4) is 5.75 Å². The van der Waals surface area contributed by atoms with Crippen LogP contribution in [0.4, 0.5) is 15.8 Å². The first kappa shape index (κ1) is 17.7. The highest BCUT2D eigenvalue weighted by atomic mass is 79.9. The van der Waals surface area contributed by atoms with Gasteiger partial charge in [0, 0.05) is 28.9 Å². The van der Waals surface area contributed by atoms with Crippen molar-refractivity contribution in [1.82, 2.24) is 0 Å². The number of piperidine rings is 1. The lowest BCUT2D eigenvalue weighted by atomic mass is 10.1. The molecule has 2 aromatic carbocycles. The van der Waals surface area contributed by atoms with Gasteiger partial charge in [-0.3, -0.25) is 4.79 Å². The predicted molar refractivity (Wildman–Crippen MR) is 101 cm³/mol. The molecule has 0 atom stereocenters. The van der Waals surface area contributed by atoms with E-state index in [2.05, 4.69) is 26.1 Å². The van der Waals surface area contributed by atoms with E-state index in [9.17, 15) is 9.18 Å². The van der Waals surface area contributed by atoms with Crippen molar-refractivity contribution in [2.24, 2.45) is 0 Å². The lowest BCUT2D eigenvalue weighted by molar-refractivity contribution is -0.118. The number of rotatable bonds is 5. The Morgan fingerprint density at radius 3 is 2.52 bits per heavy atom. The second-order valence-corrected chi connectivity index (χ2v) is 6.92. The average molecular weight is 407 g/mol. The molecule has 1 fully saturated rings. The smallest absolute Gasteiger partial charge is 0.262 e. The zero-order valence-corrected chi connectivity index (χ0v) is 15.4. The summed E-state index contributed by atoms with van der Waals surface area (Å²) < 4.78 is 19.5. The van der Waals surface area contributed by atoms with Gasteiger partial charge in [0.2, 0.25) is 0 Å². The number of halogens is 2. The standard InChI is InChI=1S/C19H20BrFN2O2/c20-14-4-9-18(17(21)12-14)25-13-19(24)22-15-5-7-16(8-6-15)23-10-2-1-3-11-23/h4-9,12H,1-3,10-11,13H2,(H,22,24). The molecule has 0 bridgehead atoms. The molecule has 132 valence electrons. The van der Waals surface area contributed by atoms with Crippen molar-refractivity contribution in [3.05, 3.63) is 52.8 Å². The van der Waals surface area contributed by atoms with Gasteiger partial charge in [-0.2, -0.15) is 0 Å². The normalized spacial score (nSPS) is 14.2.